The summed E-state index contributed by atoms with van der Waals surface area (Å²) in [5, 5.41) is 10.7. The van der Waals surface area contributed by atoms with Crippen LogP contribution >= 0.6 is 12.4 Å². The minimum atomic E-state index is -1.33. The molecule has 0 unspecified atom stereocenters. The summed E-state index contributed by atoms with van der Waals surface area (Å²) in [7, 11) is 1.48. The van der Waals surface area contributed by atoms with Crippen LogP contribution in [0.3, 0.4) is 0 Å². The molecule has 1 fully saturated rings. The SMILES string of the molecule is CO[C@](N)(c1ccccc1C=O)[C@H](O)C1CCCCC1.Cl. The van der Waals surface area contributed by atoms with Crippen LogP contribution in [0, 0.1) is 5.92 Å². The van der Waals surface area contributed by atoms with Crippen molar-refractivity contribution in [1.29, 1.82) is 0 Å². The predicted octanol–water partition coefficient (Wildman–Crippen LogP) is 2.62. The van der Waals surface area contributed by atoms with Crippen molar-refractivity contribution >= 4 is 18.7 Å². The lowest BCUT2D eigenvalue weighted by molar-refractivity contribution is -0.132. The van der Waals surface area contributed by atoms with Crippen LogP contribution in [0.25, 0.3) is 0 Å². The maximum atomic E-state index is 11.2. The molecule has 4 nitrogen and oxygen atoms in total. The summed E-state index contributed by atoms with van der Waals surface area (Å²) in [6.45, 7) is 0. The molecule has 1 aliphatic carbocycles. The van der Waals surface area contributed by atoms with Gasteiger partial charge in [0.05, 0.1) is 0 Å². The molecule has 0 radical (unpaired) electrons. The molecule has 1 aromatic rings. The van der Waals surface area contributed by atoms with Gasteiger partial charge < -0.3 is 9.84 Å². The lowest BCUT2D eigenvalue weighted by atomic mass is 9.78. The van der Waals surface area contributed by atoms with Crippen molar-refractivity contribution in [3.05, 3.63) is 35.4 Å². The fraction of sp³-hybridized carbons (Fsp3) is 0.562. The van der Waals surface area contributed by atoms with E-state index >= 15 is 0 Å². The molecule has 1 aromatic carbocycles. The van der Waals surface area contributed by atoms with Crippen molar-refractivity contribution in [2.24, 2.45) is 11.7 Å². The Hall–Kier alpha value is -0.940. The molecule has 0 saturated heterocycles. The zero-order valence-electron chi connectivity index (χ0n) is 12.3. The number of aliphatic hydroxyl groups excluding tert-OH is 1. The maximum absolute atomic E-state index is 11.2. The van der Waals surface area contributed by atoms with Crippen LogP contribution in [-0.2, 0) is 10.5 Å². The van der Waals surface area contributed by atoms with Gasteiger partial charge in [0.15, 0.2) is 5.72 Å². The molecule has 3 N–H and O–H groups in total. The summed E-state index contributed by atoms with van der Waals surface area (Å²) >= 11 is 0. The van der Waals surface area contributed by atoms with Crippen LogP contribution in [0.15, 0.2) is 24.3 Å². The molecule has 0 aromatic heterocycles. The van der Waals surface area contributed by atoms with E-state index in [1.54, 1.807) is 24.3 Å². The molecule has 118 valence electrons. The van der Waals surface area contributed by atoms with E-state index in [-0.39, 0.29) is 18.3 Å². The molecule has 0 amide bonds. The number of aliphatic hydroxyl groups is 1. The molecule has 5 heteroatoms. The van der Waals surface area contributed by atoms with Crippen LogP contribution < -0.4 is 5.73 Å². The highest BCUT2D eigenvalue weighted by Gasteiger charge is 2.42. The highest BCUT2D eigenvalue weighted by atomic mass is 35.5. The van der Waals surface area contributed by atoms with Gasteiger partial charge in [-0.2, -0.15) is 0 Å². The molecular formula is C16H24ClNO3. The van der Waals surface area contributed by atoms with Gasteiger partial charge in [0.2, 0.25) is 0 Å². The molecular weight excluding hydrogens is 290 g/mol. The van der Waals surface area contributed by atoms with E-state index in [4.69, 9.17) is 10.5 Å². The van der Waals surface area contributed by atoms with E-state index < -0.39 is 11.8 Å². The number of hydrogen-bond acceptors (Lipinski definition) is 4. The molecule has 0 bridgehead atoms. The first-order chi connectivity index (χ1) is 9.63. The lowest BCUT2D eigenvalue weighted by Crippen LogP contribution is -2.53. The first-order valence-corrected chi connectivity index (χ1v) is 7.20. The topological polar surface area (TPSA) is 72.5 Å². The average Bonchev–Trinajstić information content (AvgIpc) is 2.54. The van der Waals surface area contributed by atoms with Gasteiger partial charge in [-0.25, -0.2) is 0 Å². The number of hydrogen-bond donors (Lipinski definition) is 2. The minimum Gasteiger partial charge on any atom is -0.388 e. The van der Waals surface area contributed by atoms with Gasteiger partial charge in [-0.05, 0) is 18.8 Å². The van der Waals surface area contributed by atoms with E-state index in [9.17, 15) is 9.90 Å². The van der Waals surface area contributed by atoms with E-state index in [0.717, 1.165) is 32.0 Å². The van der Waals surface area contributed by atoms with Gasteiger partial charge in [0.25, 0.3) is 0 Å². The number of methoxy groups -OCH3 is 1. The van der Waals surface area contributed by atoms with E-state index in [1.807, 2.05) is 0 Å². The summed E-state index contributed by atoms with van der Waals surface area (Å²) in [4.78, 5) is 11.2. The van der Waals surface area contributed by atoms with Crippen LogP contribution in [0.4, 0.5) is 0 Å². The third-order valence-electron chi connectivity index (χ3n) is 4.38. The highest BCUT2D eigenvalue weighted by Crippen LogP contribution is 2.36. The van der Waals surface area contributed by atoms with Crippen molar-refractivity contribution in [3.63, 3.8) is 0 Å². The third-order valence-corrected chi connectivity index (χ3v) is 4.38. The summed E-state index contributed by atoms with van der Waals surface area (Å²) in [5.41, 5.74) is 6.02. The second-order valence-electron chi connectivity index (χ2n) is 5.55. The van der Waals surface area contributed by atoms with Crippen LogP contribution in [0.2, 0.25) is 0 Å². The summed E-state index contributed by atoms with van der Waals surface area (Å²) in [5.74, 6) is 0.119. The molecule has 21 heavy (non-hydrogen) atoms. The van der Waals surface area contributed by atoms with Crippen LogP contribution in [-0.4, -0.2) is 24.6 Å². The minimum absolute atomic E-state index is 0. The Morgan fingerprint density at radius 2 is 1.95 bits per heavy atom. The zero-order chi connectivity index (χ0) is 14.6. The molecule has 2 atom stereocenters. The Labute approximate surface area is 132 Å². The van der Waals surface area contributed by atoms with E-state index in [1.165, 1.54) is 13.5 Å². The monoisotopic (exact) mass is 313 g/mol. The highest BCUT2D eigenvalue weighted by molar-refractivity contribution is 5.85. The van der Waals surface area contributed by atoms with E-state index in [0.29, 0.717) is 11.1 Å². The Morgan fingerprint density at radius 1 is 1.33 bits per heavy atom. The van der Waals surface area contributed by atoms with Crippen molar-refractivity contribution in [1.82, 2.24) is 0 Å². The van der Waals surface area contributed by atoms with Crippen molar-refractivity contribution in [2.75, 3.05) is 7.11 Å². The number of nitrogens with two attached hydrogens (primary N) is 1. The second kappa shape index (κ2) is 7.90. The lowest BCUT2D eigenvalue weighted by Gasteiger charge is -2.39. The van der Waals surface area contributed by atoms with Crippen molar-refractivity contribution in [2.45, 2.75) is 43.9 Å². The molecule has 0 spiro atoms. The van der Waals surface area contributed by atoms with E-state index in [2.05, 4.69) is 0 Å². The first-order valence-electron chi connectivity index (χ1n) is 7.20. The summed E-state index contributed by atoms with van der Waals surface area (Å²) in [6, 6.07) is 7.02. The van der Waals surface area contributed by atoms with Gasteiger partial charge >= 0.3 is 0 Å². The molecule has 2 rings (SSSR count). The van der Waals surface area contributed by atoms with Crippen molar-refractivity contribution < 1.29 is 14.6 Å². The Kier molecular flexibility index (Phi) is 6.81. The number of halogens is 1. The second-order valence-corrected chi connectivity index (χ2v) is 5.55. The molecule has 0 heterocycles. The third kappa shape index (κ3) is 3.64. The number of ether oxygens (including phenoxy) is 1. The number of benzene rings is 1. The zero-order valence-corrected chi connectivity index (χ0v) is 13.1. The molecule has 1 aliphatic rings. The van der Waals surface area contributed by atoms with Gasteiger partial charge in [-0.1, -0.05) is 43.5 Å². The fourth-order valence-corrected chi connectivity index (χ4v) is 3.15. The Balaban J connectivity index is 0.00000220. The normalized spacial score (nSPS) is 20.1. The fourth-order valence-electron chi connectivity index (χ4n) is 3.15. The first kappa shape index (κ1) is 18.1. The Morgan fingerprint density at radius 3 is 2.52 bits per heavy atom. The van der Waals surface area contributed by atoms with Crippen molar-refractivity contribution in [3.8, 4) is 0 Å². The number of carbonyl (C=O) groups excluding carboxylic acids is 1. The average molecular weight is 314 g/mol. The molecule has 0 aliphatic heterocycles. The van der Waals surface area contributed by atoms with Gasteiger partial charge in [-0.3, -0.25) is 10.5 Å². The quantitative estimate of drug-likeness (QED) is 0.647. The largest absolute Gasteiger partial charge is 0.388 e. The Bertz CT molecular complexity index is 463. The summed E-state index contributed by atoms with van der Waals surface area (Å²) < 4.78 is 5.45. The predicted molar refractivity (Wildman–Crippen MR) is 84.5 cm³/mol. The van der Waals surface area contributed by atoms with Crippen LogP contribution in [0.1, 0.15) is 48.0 Å². The number of aldehydes is 1. The van der Waals surface area contributed by atoms with Gasteiger partial charge in [0, 0.05) is 18.2 Å². The smallest absolute Gasteiger partial charge is 0.169 e. The van der Waals surface area contributed by atoms with Crippen LogP contribution in [0.5, 0.6) is 0 Å². The maximum Gasteiger partial charge on any atom is 0.169 e. The standard InChI is InChI=1S/C16H23NO3.ClH/c1-20-16(17,14-10-6-5-9-13(14)11-18)15(19)12-7-3-2-4-8-12;/h5-6,9-12,15,19H,2-4,7-8,17H2,1H3;1H/t15-,16-;/m1./s1. The summed E-state index contributed by atoms with van der Waals surface area (Å²) in [6.07, 6.45) is 5.27. The number of rotatable bonds is 5. The molecule has 1 saturated carbocycles. The number of carbonyl (C=O) groups is 1. The van der Waals surface area contributed by atoms with Gasteiger partial charge in [-0.15, -0.1) is 12.4 Å². The van der Waals surface area contributed by atoms with Gasteiger partial charge in [0.1, 0.15) is 12.4 Å².